The van der Waals surface area contributed by atoms with Crippen molar-refractivity contribution in [2.24, 2.45) is 16.9 Å². The second-order valence-corrected chi connectivity index (χ2v) is 7.70. The fraction of sp³-hybridized carbons (Fsp3) is 0.250. The van der Waals surface area contributed by atoms with Crippen molar-refractivity contribution >= 4 is 40.0 Å². The quantitative estimate of drug-likeness (QED) is 0.501. The molecule has 3 rings (SSSR count). The van der Waals surface area contributed by atoms with Crippen molar-refractivity contribution in [2.45, 2.75) is 26.8 Å². The molecule has 1 aromatic carbocycles. The molecule has 9 heteroatoms. The van der Waals surface area contributed by atoms with E-state index >= 15 is 0 Å². The first-order valence-electron chi connectivity index (χ1n) is 8.99. The zero-order valence-electron chi connectivity index (χ0n) is 16.4. The van der Waals surface area contributed by atoms with E-state index in [1.807, 2.05) is 51.1 Å². The van der Waals surface area contributed by atoms with E-state index in [1.165, 1.54) is 6.20 Å². The monoisotopic (exact) mass is 393 g/mol. The Hall–Kier alpha value is -3.75. The van der Waals surface area contributed by atoms with Gasteiger partial charge in [0.25, 0.3) is 5.91 Å². The Balaban J connectivity index is 1.96. The minimum atomic E-state index is -0.734. The number of carbonyl (C=O) groups is 2. The molecule has 1 atom stereocenters. The fourth-order valence-electron chi connectivity index (χ4n) is 2.86. The number of nitrogens with two attached hydrogens (primary N) is 2. The number of rotatable bonds is 6. The SMILES string of the molecule is CC(C)(C)[C@@H](Nc1cnc(C(N)=O)c(Nc2cnc3ccccc3c2)n1)C(N)=O. The minimum absolute atomic E-state index is 0.0323. The third-order valence-electron chi connectivity index (χ3n) is 4.30. The highest BCUT2D eigenvalue weighted by Crippen LogP contribution is 2.25. The second kappa shape index (κ2) is 7.70. The van der Waals surface area contributed by atoms with Crippen LogP contribution in [0.2, 0.25) is 0 Å². The van der Waals surface area contributed by atoms with Gasteiger partial charge in [0.1, 0.15) is 11.9 Å². The van der Waals surface area contributed by atoms with Crippen molar-refractivity contribution in [1.82, 2.24) is 15.0 Å². The van der Waals surface area contributed by atoms with Gasteiger partial charge >= 0.3 is 0 Å². The molecule has 0 saturated carbocycles. The van der Waals surface area contributed by atoms with Crippen LogP contribution in [0.5, 0.6) is 0 Å². The maximum Gasteiger partial charge on any atom is 0.271 e. The third kappa shape index (κ3) is 4.57. The van der Waals surface area contributed by atoms with E-state index in [-0.39, 0.29) is 17.3 Å². The van der Waals surface area contributed by atoms with Crippen molar-refractivity contribution in [1.29, 1.82) is 0 Å². The van der Waals surface area contributed by atoms with Crippen LogP contribution in [-0.2, 0) is 4.79 Å². The maximum atomic E-state index is 11.8. The van der Waals surface area contributed by atoms with Crippen molar-refractivity contribution < 1.29 is 9.59 Å². The van der Waals surface area contributed by atoms with E-state index in [2.05, 4.69) is 25.6 Å². The van der Waals surface area contributed by atoms with Gasteiger partial charge in [-0.1, -0.05) is 39.0 Å². The molecule has 0 aliphatic rings. The lowest BCUT2D eigenvalue weighted by Gasteiger charge is -2.29. The van der Waals surface area contributed by atoms with Gasteiger partial charge in [-0.05, 0) is 17.5 Å². The number of anilines is 3. The Kier molecular flexibility index (Phi) is 5.31. The van der Waals surface area contributed by atoms with E-state index < -0.39 is 23.3 Å². The highest BCUT2D eigenvalue weighted by molar-refractivity contribution is 5.96. The van der Waals surface area contributed by atoms with Crippen molar-refractivity contribution in [3.8, 4) is 0 Å². The number of nitrogens with zero attached hydrogens (tertiary/aromatic N) is 3. The Bertz CT molecular complexity index is 1080. The highest BCUT2D eigenvalue weighted by Gasteiger charge is 2.30. The Morgan fingerprint density at radius 3 is 2.45 bits per heavy atom. The maximum absolute atomic E-state index is 11.8. The number of fused-ring (bicyclic) bond motifs is 1. The van der Waals surface area contributed by atoms with E-state index in [1.54, 1.807) is 6.20 Å². The molecule has 0 radical (unpaired) electrons. The summed E-state index contributed by atoms with van der Waals surface area (Å²) in [5.41, 5.74) is 11.9. The van der Waals surface area contributed by atoms with Gasteiger partial charge in [0.2, 0.25) is 5.91 Å². The zero-order chi connectivity index (χ0) is 21.2. The van der Waals surface area contributed by atoms with Crippen LogP contribution in [0.3, 0.4) is 0 Å². The summed E-state index contributed by atoms with van der Waals surface area (Å²) in [5.74, 6) is -0.823. The summed E-state index contributed by atoms with van der Waals surface area (Å²) in [6, 6.07) is 8.81. The summed E-state index contributed by atoms with van der Waals surface area (Å²) in [6.07, 6.45) is 2.96. The number of pyridine rings is 1. The summed E-state index contributed by atoms with van der Waals surface area (Å²) in [6.45, 7) is 5.63. The molecule has 0 unspecified atom stereocenters. The van der Waals surface area contributed by atoms with E-state index in [9.17, 15) is 9.59 Å². The molecule has 29 heavy (non-hydrogen) atoms. The molecule has 9 nitrogen and oxygen atoms in total. The molecular formula is C20H23N7O2. The van der Waals surface area contributed by atoms with Crippen LogP contribution in [0.4, 0.5) is 17.3 Å². The summed E-state index contributed by atoms with van der Waals surface area (Å²) in [5, 5.41) is 6.94. The molecule has 0 spiro atoms. The highest BCUT2D eigenvalue weighted by atomic mass is 16.1. The lowest BCUT2D eigenvalue weighted by molar-refractivity contribution is -0.120. The summed E-state index contributed by atoms with van der Waals surface area (Å²) < 4.78 is 0. The number of aromatic nitrogens is 3. The van der Waals surface area contributed by atoms with Gasteiger partial charge in [-0.3, -0.25) is 14.6 Å². The van der Waals surface area contributed by atoms with Crippen LogP contribution in [0.15, 0.2) is 42.7 Å². The van der Waals surface area contributed by atoms with E-state index in [0.717, 1.165) is 10.9 Å². The first-order valence-corrected chi connectivity index (χ1v) is 8.99. The molecule has 0 bridgehead atoms. The molecule has 0 saturated heterocycles. The van der Waals surface area contributed by atoms with Crippen molar-refractivity contribution in [3.63, 3.8) is 0 Å². The van der Waals surface area contributed by atoms with Crippen LogP contribution in [0.1, 0.15) is 31.3 Å². The first kappa shape index (κ1) is 20.0. The zero-order valence-corrected chi connectivity index (χ0v) is 16.4. The number of para-hydroxylation sites is 1. The largest absolute Gasteiger partial charge is 0.368 e. The average Bonchev–Trinajstić information content (AvgIpc) is 2.65. The number of hydrogen-bond donors (Lipinski definition) is 4. The van der Waals surface area contributed by atoms with Gasteiger partial charge in [-0.2, -0.15) is 0 Å². The first-order chi connectivity index (χ1) is 13.6. The molecule has 0 aliphatic heterocycles. The van der Waals surface area contributed by atoms with Gasteiger partial charge in [-0.25, -0.2) is 9.97 Å². The van der Waals surface area contributed by atoms with Gasteiger partial charge in [-0.15, -0.1) is 0 Å². The lowest BCUT2D eigenvalue weighted by Crippen LogP contribution is -2.45. The number of amides is 2. The van der Waals surface area contributed by atoms with Crippen LogP contribution < -0.4 is 22.1 Å². The van der Waals surface area contributed by atoms with Gasteiger partial charge in [0.15, 0.2) is 11.5 Å². The van der Waals surface area contributed by atoms with Gasteiger partial charge < -0.3 is 22.1 Å². The smallest absolute Gasteiger partial charge is 0.271 e. The topological polar surface area (TPSA) is 149 Å². The lowest BCUT2D eigenvalue weighted by atomic mass is 9.86. The molecule has 0 aliphatic carbocycles. The van der Waals surface area contributed by atoms with Crippen molar-refractivity contribution in [2.75, 3.05) is 10.6 Å². The molecule has 2 heterocycles. The normalized spacial score (nSPS) is 12.4. The van der Waals surface area contributed by atoms with Crippen LogP contribution in [-0.4, -0.2) is 32.8 Å². The Morgan fingerprint density at radius 2 is 1.79 bits per heavy atom. The van der Waals surface area contributed by atoms with Gasteiger partial charge in [0.05, 0.1) is 23.6 Å². The molecule has 6 N–H and O–H groups in total. The van der Waals surface area contributed by atoms with E-state index in [4.69, 9.17) is 11.5 Å². The Morgan fingerprint density at radius 1 is 1.07 bits per heavy atom. The van der Waals surface area contributed by atoms with Crippen LogP contribution in [0.25, 0.3) is 10.9 Å². The minimum Gasteiger partial charge on any atom is -0.368 e. The molecule has 2 aromatic heterocycles. The summed E-state index contributed by atoms with van der Waals surface area (Å²) in [4.78, 5) is 36.5. The van der Waals surface area contributed by atoms with Crippen LogP contribution in [0, 0.1) is 5.41 Å². The number of hydrogen-bond acceptors (Lipinski definition) is 7. The number of primary amides is 2. The molecule has 3 aromatic rings. The Labute approximate surface area is 167 Å². The predicted octanol–water partition coefficient (Wildman–Crippen LogP) is 2.18. The molecule has 150 valence electrons. The molecule has 0 fully saturated rings. The van der Waals surface area contributed by atoms with Gasteiger partial charge in [0, 0.05) is 5.39 Å². The number of benzene rings is 1. The van der Waals surface area contributed by atoms with Crippen molar-refractivity contribution in [3.05, 3.63) is 48.4 Å². The standard InChI is InChI=1S/C20H23N7O2/c1-20(2,3)16(18(22)29)26-14-10-24-15(17(21)28)19(27-14)25-12-8-11-6-4-5-7-13(11)23-9-12/h4-10,16H,1-3H3,(H2,21,28)(H2,22,29)(H2,25,26,27)/t16-/m0/s1. The summed E-state index contributed by atoms with van der Waals surface area (Å²) >= 11 is 0. The molecule has 2 amide bonds. The van der Waals surface area contributed by atoms with E-state index in [0.29, 0.717) is 5.69 Å². The predicted molar refractivity (Wildman–Crippen MR) is 112 cm³/mol. The fourth-order valence-corrected chi connectivity index (χ4v) is 2.86. The molecular weight excluding hydrogens is 370 g/mol. The number of nitrogens with one attached hydrogen (secondary N) is 2. The summed E-state index contributed by atoms with van der Waals surface area (Å²) in [7, 11) is 0. The number of carbonyl (C=O) groups excluding carboxylic acids is 2. The third-order valence-corrected chi connectivity index (χ3v) is 4.30. The van der Waals surface area contributed by atoms with Crippen LogP contribution >= 0.6 is 0 Å². The average molecular weight is 393 g/mol. The second-order valence-electron chi connectivity index (χ2n) is 7.70.